The smallest absolute Gasteiger partial charge is 0.332 e. The fraction of sp³-hybridized carbons (Fsp3) is 0.316. The van der Waals surface area contributed by atoms with Gasteiger partial charge in [0, 0.05) is 36.8 Å². The average molecular weight is 446 g/mol. The van der Waals surface area contributed by atoms with Crippen LogP contribution in [-0.2, 0) is 21.5 Å². The van der Waals surface area contributed by atoms with Crippen LogP contribution in [-0.4, -0.2) is 51.7 Å². The van der Waals surface area contributed by atoms with Crippen molar-refractivity contribution in [3.63, 3.8) is 0 Å². The molecule has 1 saturated heterocycles. The second-order valence-electron chi connectivity index (χ2n) is 6.33. The maximum Gasteiger partial charge on any atom is 0.471 e. The molecule has 2 aromatic rings. The largest absolute Gasteiger partial charge is 0.471 e. The Hall–Kier alpha value is -1.91. The van der Waals surface area contributed by atoms with Crippen LogP contribution in [0.25, 0.3) is 0 Å². The van der Waals surface area contributed by atoms with Gasteiger partial charge in [-0.3, -0.25) is 4.79 Å². The molecule has 29 heavy (non-hydrogen) atoms. The number of carbonyl (C=O) groups excluding carboxylic acids is 1. The van der Waals surface area contributed by atoms with Crippen LogP contribution in [0.15, 0.2) is 58.3 Å². The van der Waals surface area contributed by atoms with Gasteiger partial charge in [-0.15, -0.1) is 11.8 Å². The van der Waals surface area contributed by atoms with Crippen molar-refractivity contribution in [3.05, 3.63) is 59.9 Å². The third-order valence-electron chi connectivity index (χ3n) is 4.35. The lowest BCUT2D eigenvalue weighted by Crippen LogP contribution is -2.52. The number of carbonyl (C=O) groups is 1. The molecule has 1 amide bonds. The topological polar surface area (TPSA) is 40.6 Å². The zero-order valence-corrected chi connectivity index (χ0v) is 16.8. The maximum absolute atomic E-state index is 14.4. The molecule has 1 atom stereocenters. The van der Waals surface area contributed by atoms with Gasteiger partial charge >= 0.3 is 12.1 Å². The summed E-state index contributed by atoms with van der Waals surface area (Å²) in [5.74, 6) is -1.80. The molecule has 0 spiro atoms. The number of benzene rings is 2. The Morgan fingerprint density at radius 1 is 1.03 bits per heavy atom. The fourth-order valence-corrected chi connectivity index (χ4v) is 4.89. The van der Waals surface area contributed by atoms with Crippen molar-refractivity contribution in [1.82, 2.24) is 9.21 Å². The van der Waals surface area contributed by atoms with Gasteiger partial charge in [-0.1, -0.05) is 30.3 Å². The number of piperazine rings is 1. The second kappa shape index (κ2) is 9.27. The van der Waals surface area contributed by atoms with Crippen LogP contribution in [0.2, 0.25) is 0 Å². The van der Waals surface area contributed by atoms with Crippen LogP contribution < -0.4 is 0 Å². The highest BCUT2D eigenvalue weighted by atomic mass is 32.2. The van der Waals surface area contributed by atoms with Crippen molar-refractivity contribution in [2.45, 2.75) is 21.7 Å². The first kappa shape index (κ1) is 21.8. The van der Waals surface area contributed by atoms with Gasteiger partial charge in [0.25, 0.3) is 0 Å². The monoisotopic (exact) mass is 446 g/mol. The van der Waals surface area contributed by atoms with Gasteiger partial charge in [0.15, 0.2) is 0 Å². The predicted octanol–water partition coefficient (Wildman–Crippen LogP) is 3.85. The van der Waals surface area contributed by atoms with Crippen molar-refractivity contribution >= 4 is 28.7 Å². The molecule has 0 bridgehead atoms. The van der Waals surface area contributed by atoms with E-state index in [1.807, 2.05) is 30.3 Å². The Balaban J connectivity index is 1.59. The molecule has 10 heteroatoms. The number of nitrogens with zero attached hydrogens (tertiary/aromatic N) is 2. The van der Waals surface area contributed by atoms with E-state index in [2.05, 4.69) is 0 Å². The summed E-state index contributed by atoms with van der Waals surface area (Å²) in [4.78, 5) is 12.6. The summed E-state index contributed by atoms with van der Waals surface area (Å²) in [6.45, 7) is -0.337. The maximum atomic E-state index is 14.4. The van der Waals surface area contributed by atoms with Crippen molar-refractivity contribution < 1.29 is 26.6 Å². The molecular weight excluding hydrogens is 428 g/mol. The van der Waals surface area contributed by atoms with Crippen LogP contribution >= 0.6 is 11.8 Å². The van der Waals surface area contributed by atoms with Gasteiger partial charge in [-0.2, -0.15) is 13.2 Å². The minimum atomic E-state index is -4.92. The number of alkyl halides is 3. The van der Waals surface area contributed by atoms with E-state index in [0.29, 0.717) is 15.5 Å². The highest BCUT2D eigenvalue weighted by Gasteiger charge is 2.43. The van der Waals surface area contributed by atoms with Crippen LogP contribution in [0, 0.1) is 5.82 Å². The Labute approximate surface area is 172 Å². The summed E-state index contributed by atoms with van der Waals surface area (Å²) in [5.41, 5.74) is 1.05. The van der Waals surface area contributed by atoms with Gasteiger partial charge < -0.3 is 4.90 Å². The molecule has 0 aliphatic carbocycles. The predicted molar refractivity (Wildman–Crippen MR) is 103 cm³/mol. The zero-order chi connectivity index (χ0) is 21.0. The van der Waals surface area contributed by atoms with E-state index < -0.39 is 28.9 Å². The summed E-state index contributed by atoms with van der Waals surface area (Å²) in [6, 6.07) is 13.9. The lowest BCUT2D eigenvalue weighted by molar-refractivity contribution is -0.186. The molecular formula is C19H18F4N2O2S2. The van der Waals surface area contributed by atoms with Crippen molar-refractivity contribution in [2.24, 2.45) is 0 Å². The average Bonchev–Trinajstić information content (AvgIpc) is 2.72. The van der Waals surface area contributed by atoms with E-state index >= 15 is 0 Å². The van der Waals surface area contributed by atoms with Gasteiger partial charge in [-0.05, 0) is 23.8 Å². The number of rotatable bonds is 5. The fourth-order valence-electron chi connectivity index (χ4n) is 2.83. The first-order chi connectivity index (χ1) is 13.8. The number of halogens is 4. The first-order valence-electron chi connectivity index (χ1n) is 8.75. The molecule has 0 radical (unpaired) electrons. The summed E-state index contributed by atoms with van der Waals surface area (Å²) in [6.07, 6.45) is -4.92. The molecule has 1 heterocycles. The van der Waals surface area contributed by atoms with E-state index in [1.165, 1.54) is 22.1 Å². The van der Waals surface area contributed by atoms with Crippen LogP contribution in [0.5, 0.6) is 0 Å². The molecule has 0 aromatic heterocycles. The minimum absolute atomic E-state index is 0.0144. The molecule has 0 N–H and O–H groups in total. The second-order valence-corrected chi connectivity index (χ2v) is 8.84. The summed E-state index contributed by atoms with van der Waals surface area (Å²) < 4.78 is 66.0. The van der Waals surface area contributed by atoms with E-state index in [9.17, 15) is 26.6 Å². The first-order valence-corrected chi connectivity index (χ1v) is 10.8. The summed E-state index contributed by atoms with van der Waals surface area (Å²) in [7, 11) is -1.71. The Bertz CT molecular complexity index is 886. The number of hydrogen-bond acceptors (Lipinski definition) is 3. The van der Waals surface area contributed by atoms with Crippen molar-refractivity contribution in [2.75, 3.05) is 26.2 Å². The molecule has 156 valence electrons. The molecule has 3 rings (SSSR count). The summed E-state index contributed by atoms with van der Waals surface area (Å²) in [5, 5.41) is 0. The zero-order valence-electron chi connectivity index (χ0n) is 15.2. The van der Waals surface area contributed by atoms with Crippen LogP contribution in [0.4, 0.5) is 17.6 Å². The normalized spacial score (nSPS) is 16.6. The molecule has 0 saturated carbocycles. The van der Waals surface area contributed by atoms with Crippen LogP contribution in [0.3, 0.4) is 0 Å². The van der Waals surface area contributed by atoms with E-state index in [1.54, 1.807) is 12.1 Å². The van der Waals surface area contributed by atoms with E-state index in [4.69, 9.17) is 0 Å². The Morgan fingerprint density at radius 2 is 1.69 bits per heavy atom. The van der Waals surface area contributed by atoms with Gasteiger partial charge in [0.2, 0.25) is 0 Å². The Morgan fingerprint density at radius 3 is 2.28 bits per heavy atom. The lowest BCUT2D eigenvalue weighted by Gasteiger charge is -2.33. The van der Waals surface area contributed by atoms with Gasteiger partial charge in [0.05, 0.1) is 4.90 Å². The Kier molecular flexibility index (Phi) is 6.97. The molecule has 1 unspecified atom stereocenters. The molecule has 1 fully saturated rings. The highest BCUT2D eigenvalue weighted by Crippen LogP contribution is 2.28. The number of amides is 1. The number of hydrogen-bond donors (Lipinski definition) is 0. The van der Waals surface area contributed by atoms with E-state index in [-0.39, 0.29) is 31.1 Å². The number of thioether (sulfide) groups is 1. The quantitative estimate of drug-likeness (QED) is 0.518. The van der Waals surface area contributed by atoms with E-state index in [0.717, 1.165) is 5.56 Å². The molecule has 1 aliphatic rings. The molecule has 4 nitrogen and oxygen atoms in total. The molecule has 2 aromatic carbocycles. The minimum Gasteiger partial charge on any atom is -0.332 e. The van der Waals surface area contributed by atoms with Crippen molar-refractivity contribution in [3.8, 4) is 0 Å². The molecule has 1 aliphatic heterocycles. The lowest BCUT2D eigenvalue weighted by atomic mass is 10.2. The third-order valence-corrected chi connectivity index (χ3v) is 6.96. The standard InChI is InChI=1S/C19H18F4N2O2S2/c20-16-12-15(6-7-17(16)28-13-14-4-2-1-3-5-14)29(27)25-10-8-24(9-11-25)18(26)19(21,22)23/h1-7,12H,8-11,13H2. The SMILES string of the molecule is O=C(N1CCN(S(=O)c2ccc(SCc3ccccc3)c(F)c2)CC1)C(F)(F)F. The van der Waals surface area contributed by atoms with Gasteiger partial charge in [-0.25, -0.2) is 12.9 Å². The van der Waals surface area contributed by atoms with Crippen LogP contribution in [0.1, 0.15) is 5.56 Å². The third kappa shape index (κ3) is 5.58. The summed E-state index contributed by atoms with van der Waals surface area (Å²) >= 11 is 1.32. The highest BCUT2D eigenvalue weighted by molar-refractivity contribution is 7.98. The van der Waals surface area contributed by atoms with Crippen molar-refractivity contribution in [1.29, 1.82) is 0 Å². The van der Waals surface area contributed by atoms with Gasteiger partial charge in [0.1, 0.15) is 16.8 Å².